The molecule has 2 bridgehead atoms. The van der Waals surface area contributed by atoms with E-state index < -0.39 is 0 Å². The predicted molar refractivity (Wildman–Crippen MR) is 118 cm³/mol. The van der Waals surface area contributed by atoms with Crippen LogP contribution in [0.3, 0.4) is 0 Å². The van der Waals surface area contributed by atoms with Gasteiger partial charge in [0.1, 0.15) is 0 Å². The first-order valence-electron chi connectivity index (χ1n) is 9.64. The van der Waals surface area contributed by atoms with E-state index in [1.807, 2.05) is 0 Å². The standard InChI is InChI=1S/C26H16N2/c1-3-7-17-15(5-1)9-11-19-23(17)25-21-14-13-20(24(19)25)27-22-12-10-16-6-2-4-8-18(16)26(22)28-21/h1-14,27-28H. The Morgan fingerprint density at radius 3 is 1.93 bits per heavy atom. The highest BCUT2D eigenvalue weighted by Crippen LogP contribution is 2.54. The zero-order valence-corrected chi connectivity index (χ0v) is 15.1. The molecule has 0 spiro atoms. The summed E-state index contributed by atoms with van der Waals surface area (Å²) < 4.78 is 0. The fraction of sp³-hybridized carbons (Fsp3) is 0. The Labute approximate surface area is 161 Å². The third kappa shape index (κ3) is 1.68. The topological polar surface area (TPSA) is 31.6 Å². The second kappa shape index (κ2) is 4.93. The van der Waals surface area contributed by atoms with E-state index in [4.69, 9.17) is 0 Å². The Morgan fingerprint density at radius 2 is 1.07 bits per heavy atom. The van der Waals surface area contributed by atoms with E-state index in [9.17, 15) is 0 Å². The van der Waals surface area contributed by atoms with E-state index in [1.54, 1.807) is 0 Å². The van der Waals surface area contributed by atoms with Crippen LogP contribution >= 0.6 is 0 Å². The first kappa shape index (κ1) is 14.3. The molecule has 0 saturated carbocycles. The first-order valence-corrected chi connectivity index (χ1v) is 9.64. The summed E-state index contributed by atoms with van der Waals surface area (Å²) in [6, 6.07) is 30.5. The summed E-state index contributed by atoms with van der Waals surface area (Å²) in [5.41, 5.74) is 9.99. The number of hydrogen-bond donors (Lipinski definition) is 2. The molecule has 2 heterocycles. The van der Waals surface area contributed by atoms with E-state index in [-0.39, 0.29) is 0 Å². The summed E-state index contributed by atoms with van der Waals surface area (Å²) >= 11 is 0. The lowest BCUT2D eigenvalue weighted by Crippen LogP contribution is -2.03. The van der Waals surface area contributed by atoms with Gasteiger partial charge in [-0.3, -0.25) is 0 Å². The normalized spacial score (nSPS) is 12.3. The third-order valence-electron chi connectivity index (χ3n) is 6.11. The number of H-pyrrole nitrogens is 2. The van der Waals surface area contributed by atoms with Crippen LogP contribution in [0.4, 0.5) is 0 Å². The molecule has 0 amide bonds. The fourth-order valence-electron chi connectivity index (χ4n) is 4.83. The largest absolute Gasteiger partial charge is 0.353 e. The molecule has 2 nitrogen and oxygen atoms in total. The fourth-order valence-corrected chi connectivity index (χ4v) is 4.83. The molecule has 130 valence electrons. The second-order valence-electron chi connectivity index (χ2n) is 7.58. The number of benzene rings is 5. The van der Waals surface area contributed by atoms with Gasteiger partial charge in [-0.1, -0.05) is 66.7 Å². The summed E-state index contributed by atoms with van der Waals surface area (Å²) in [6.45, 7) is 0. The van der Waals surface area contributed by atoms with Crippen LogP contribution in [0.15, 0.2) is 84.9 Å². The van der Waals surface area contributed by atoms with Crippen molar-refractivity contribution in [2.45, 2.75) is 0 Å². The van der Waals surface area contributed by atoms with Gasteiger partial charge in [-0.05, 0) is 39.9 Å². The van der Waals surface area contributed by atoms with Crippen molar-refractivity contribution in [1.82, 2.24) is 9.97 Å². The SMILES string of the molecule is c1ccc2c3c(ccc2c1)-c1c-3c2ccc1[nH]c1ccc3ccccc3c1[nH]2. The minimum atomic E-state index is 1.12. The monoisotopic (exact) mass is 356 g/mol. The van der Waals surface area contributed by atoms with Crippen molar-refractivity contribution >= 4 is 43.6 Å². The summed E-state index contributed by atoms with van der Waals surface area (Å²) in [4.78, 5) is 7.46. The summed E-state index contributed by atoms with van der Waals surface area (Å²) in [6.07, 6.45) is 0. The van der Waals surface area contributed by atoms with Crippen molar-refractivity contribution in [3.63, 3.8) is 0 Å². The molecular weight excluding hydrogens is 340 g/mol. The minimum Gasteiger partial charge on any atom is -0.353 e. The van der Waals surface area contributed by atoms with Gasteiger partial charge in [0.15, 0.2) is 0 Å². The number of aromatic amines is 2. The Balaban J connectivity index is 1.69. The molecule has 8 rings (SSSR count). The van der Waals surface area contributed by atoms with Crippen LogP contribution < -0.4 is 0 Å². The molecule has 7 aromatic rings. The van der Waals surface area contributed by atoms with Crippen LogP contribution in [0.2, 0.25) is 0 Å². The van der Waals surface area contributed by atoms with Crippen molar-refractivity contribution in [3.8, 4) is 22.3 Å². The predicted octanol–water partition coefficient (Wildman–Crippen LogP) is 7.17. The maximum Gasteiger partial charge on any atom is 0.0703 e. The number of nitrogens with one attached hydrogen (secondary N) is 2. The van der Waals surface area contributed by atoms with Crippen molar-refractivity contribution in [1.29, 1.82) is 0 Å². The van der Waals surface area contributed by atoms with Crippen LogP contribution in [-0.4, -0.2) is 9.97 Å². The quantitative estimate of drug-likeness (QED) is 0.289. The number of fused-ring (bicyclic) bond motifs is 5. The Morgan fingerprint density at radius 1 is 0.429 bits per heavy atom. The maximum absolute atomic E-state index is 3.76. The van der Waals surface area contributed by atoms with E-state index in [2.05, 4.69) is 94.9 Å². The van der Waals surface area contributed by atoms with E-state index in [0.29, 0.717) is 0 Å². The lowest BCUT2D eigenvalue weighted by molar-refractivity contribution is 1.40. The molecule has 2 N–H and O–H groups in total. The molecule has 0 saturated heterocycles. The van der Waals surface area contributed by atoms with E-state index in [1.165, 1.54) is 54.8 Å². The molecule has 0 fully saturated rings. The van der Waals surface area contributed by atoms with Crippen LogP contribution in [-0.2, 0) is 0 Å². The van der Waals surface area contributed by atoms with Crippen LogP contribution in [0.1, 0.15) is 0 Å². The van der Waals surface area contributed by atoms with Crippen molar-refractivity contribution in [2.24, 2.45) is 0 Å². The molecular formula is C26H16N2. The summed E-state index contributed by atoms with van der Waals surface area (Å²) in [7, 11) is 0. The van der Waals surface area contributed by atoms with Crippen LogP contribution in [0.5, 0.6) is 0 Å². The zero-order chi connectivity index (χ0) is 18.2. The van der Waals surface area contributed by atoms with Crippen molar-refractivity contribution in [3.05, 3.63) is 84.9 Å². The zero-order valence-electron chi connectivity index (χ0n) is 15.1. The highest BCUT2D eigenvalue weighted by molar-refractivity contribution is 6.22. The number of hydrogen-bond acceptors (Lipinski definition) is 0. The Kier molecular flexibility index (Phi) is 2.52. The minimum absolute atomic E-state index is 1.12. The van der Waals surface area contributed by atoms with Gasteiger partial charge in [-0.2, -0.15) is 0 Å². The van der Waals surface area contributed by atoms with E-state index in [0.717, 1.165) is 11.0 Å². The van der Waals surface area contributed by atoms with Gasteiger partial charge in [0.25, 0.3) is 0 Å². The lowest BCUT2D eigenvalue weighted by Gasteiger charge is -2.28. The highest BCUT2D eigenvalue weighted by Gasteiger charge is 2.28. The summed E-state index contributed by atoms with van der Waals surface area (Å²) in [5, 5.41) is 5.10. The van der Waals surface area contributed by atoms with Gasteiger partial charge in [-0.15, -0.1) is 0 Å². The van der Waals surface area contributed by atoms with Crippen LogP contribution in [0, 0.1) is 0 Å². The summed E-state index contributed by atoms with van der Waals surface area (Å²) in [5.74, 6) is 0. The van der Waals surface area contributed by atoms with E-state index >= 15 is 0 Å². The van der Waals surface area contributed by atoms with Gasteiger partial charge in [-0.25, -0.2) is 0 Å². The molecule has 28 heavy (non-hydrogen) atoms. The lowest BCUT2D eigenvalue weighted by atomic mass is 9.76. The Hall–Kier alpha value is -3.78. The molecule has 1 aliphatic carbocycles. The van der Waals surface area contributed by atoms with Gasteiger partial charge in [0.05, 0.1) is 11.0 Å². The molecule has 1 aliphatic rings. The molecule has 0 aliphatic heterocycles. The van der Waals surface area contributed by atoms with Gasteiger partial charge >= 0.3 is 0 Å². The Bertz CT molecular complexity index is 1610. The molecule has 2 aromatic heterocycles. The molecule has 5 aromatic carbocycles. The molecule has 0 atom stereocenters. The average Bonchev–Trinajstić information content (AvgIpc) is 2.70. The smallest absolute Gasteiger partial charge is 0.0703 e. The van der Waals surface area contributed by atoms with Crippen LogP contribution in [0.25, 0.3) is 65.9 Å². The molecule has 2 heteroatoms. The average molecular weight is 356 g/mol. The van der Waals surface area contributed by atoms with Gasteiger partial charge < -0.3 is 9.97 Å². The third-order valence-corrected chi connectivity index (χ3v) is 6.11. The maximum atomic E-state index is 3.76. The van der Waals surface area contributed by atoms with Gasteiger partial charge in [0, 0.05) is 33.1 Å². The highest BCUT2D eigenvalue weighted by atomic mass is 14.8. The second-order valence-corrected chi connectivity index (χ2v) is 7.58. The molecule has 0 unspecified atom stereocenters. The first-order chi connectivity index (χ1) is 13.9. The number of rotatable bonds is 0. The molecule has 0 radical (unpaired) electrons. The van der Waals surface area contributed by atoms with Crippen molar-refractivity contribution in [2.75, 3.05) is 0 Å². The van der Waals surface area contributed by atoms with Crippen molar-refractivity contribution < 1.29 is 0 Å². The number of aromatic nitrogens is 2. The van der Waals surface area contributed by atoms with Gasteiger partial charge in [0.2, 0.25) is 0 Å².